The summed E-state index contributed by atoms with van der Waals surface area (Å²) in [6, 6.07) is 14.1. The molecule has 0 heterocycles. The molecule has 0 spiro atoms. The van der Waals surface area contributed by atoms with E-state index in [2.05, 4.69) is 13.0 Å². The standard InChI is InChI=1S/C26H30O3/c1-26-11-6-9-22(26)20-13-23(27)21-15-25(29-16-17-7-4-3-5-8-17)24(28-2)14-19(21)18(20)10-12-26/h3-5,7-8,14-15,18,20,22H,6,9-13,16H2,1-2H3/t18-,20-,22+,26+/m1/s1. The van der Waals surface area contributed by atoms with Gasteiger partial charge in [-0.25, -0.2) is 0 Å². The Balaban J connectivity index is 1.47. The molecule has 0 radical (unpaired) electrons. The van der Waals surface area contributed by atoms with Gasteiger partial charge in [-0.3, -0.25) is 4.79 Å². The number of Topliss-reactive ketones (excluding diaryl/α,β-unsaturated/α-hetero) is 1. The van der Waals surface area contributed by atoms with Crippen LogP contribution in [-0.2, 0) is 6.61 Å². The van der Waals surface area contributed by atoms with Crippen LogP contribution in [0, 0.1) is 17.3 Å². The Morgan fingerprint density at radius 3 is 2.69 bits per heavy atom. The summed E-state index contributed by atoms with van der Waals surface area (Å²) in [4.78, 5) is 13.2. The Morgan fingerprint density at radius 2 is 1.90 bits per heavy atom. The van der Waals surface area contributed by atoms with Gasteiger partial charge in [-0.1, -0.05) is 43.7 Å². The number of carbonyl (C=O) groups excluding carboxylic acids is 1. The van der Waals surface area contributed by atoms with Crippen LogP contribution in [0.25, 0.3) is 0 Å². The van der Waals surface area contributed by atoms with Crippen molar-refractivity contribution in [3.63, 3.8) is 0 Å². The molecule has 3 heteroatoms. The fourth-order valence-corrected chi connectivity index (χ4v) is 6.41. The van der Waals surface area contributed by atoms with E-state index in [9.17, 15) is 4.79 Å². The van der Waals surface area contributed by atoms with Gasteiger partial charge in [0.2, 0.25) is 0 Å². The Hall–Kier alpha value is -2.29. The van der Waals surface area contributed by atoms with Crippen LogP contribution in [-0.4, -0.2) is 12.9 Å². The van der Waals surface area contributed by atoms with Crippen molar-refractivity contribution in [1.29, 1.82) is 0 Å². The third-order valence-electron chi connectivity index (χ3n) is 7.91. The highest BCUT2D eigenvalue weighted by molar-refractivity contribution is 6.00. The second-order valence-corrected chi connectivity index (χ2v) is 9.45. The molecule has 0 unspecified atom stereocenters. The van der Waals surface area contributed by atoms with E-state index in [1.54, 1.807) is 7.11 Å². The molecule has 0 saturated heterocycles. The SMILES string of the molecule is COc1cc2c(cc1OCc1ccccc1)C(=O)C[C@@H]1[C@@H]2CC[C@]2(C)CCC[C@@H]12. The number of carbonyl (C=O) groups is 1. The van der Waals surface area contributed by atoms with E-state index in [-0.39, 0.29) is 5.78 Å². The van der Waals surface area contributed by atoms with Crippen LogP contribution in [0.1, 0.15) is 72.9 Å². The smallest absolute Gasteiger partial charge is 0.163 e. The number of hydrogen-bond acceptors (Lipinski definition) is 3. The highest BCUT2D eigenvalue weighted by atomic mass is 16.5. The molecular weight excluding hydrogens is 360 g/mol. The van der Waals surface area contributed by atoms with E-state index < -0.39 is 0 Å². The number of ketones is 1. The molecule has 3 aliphatic carbocycles. The van der Waals surface area contributed by atoms with Crippen molar-refractivity contribution < 1.29 is 14.3 Å². The molecule has 3 aliphatic rings. The van der Waals surface area contributed by atoms with Crippen molar-refractivity contribution in [1.82, 2.24) is 0 Å². The highest BCUT2D eigenvalue weighted by Crippen LogP contribution is 2.61. The monoisotopic (exact) mass is 390 g/mol. The van der Waals surface area contributed by atoms with E-state index in [0.717, 1.165) is 16.9 Å². The van der Waals surface area contributed by atoms with Gasteiger partial charge in [-0.2, -0.15) is 0 Å². The summed E-state index contributed by atoms with van der Waals surface area (Å²) in [5, 5.41) is 0. The summed E-state index contributed by atoms with van der Waals surface area (Å²) in [5.74, 6) is 3.37. The Morgan fingerprint density at radius 1 is 1.07 bits per heavy atom. The fraction of sp³-hybridized carbons (Fsp3) is 0.500. The summed E-state index contributed by atoms with van der Waals surface area (Å²) < 4.78 is 11.8. The number of fused-ring (bicyclic) bond motifs is 5. The van der Waals surface area contributed by atoms with Crippen LogP contribution in [0.3, 0.4) is 0 Å². The second kappa shape index (κ2) is 7.19. The zero-order chi connectivity index (χ0) is 20.0. The van der Waals surface area contributed by atoms with Gasteiger partial charge in [0.25, 0.3) is 0 Å². The molecular formula is C26H30O3. The number of hydrogen-bond donors (Lipinski definition) is 0. The summed E-state index contributed by atoms with van der Waals surface area (Å²) in [7, 11) is 1.69. The van der Waals surface area contributed by atoms with Crippen LogP contribution in [0.5, 0.6) is 11.5 Å². The molecule has 29 heavy (non-hydrogen) atoms. The molecule has 0 bridgehead atoms. The topological polar surface area (TPSA) is 35.5 Å². The van der Waals surface area contributed by atoms with Crippen LogP contribution >= 0.6 is 0 Å². The predicted molar refractivity (Wildman–Crippen MR) is 114 cm³/mol. The minimum absolute atomic E-state index is 0.282. The second-order valence-electron chi connectivity index (χ2n) is 9.45. The van der Waals surface area contributed by atoms with Crippen molar-refractivity contribution in [2.75, 3.05) is 7.11 Å². The molecule has 0 aromatic heterocycles. The van der Waals surface area contributed by atoms with E-state index >= 15 is 0 Å². The van der Waals surface area contributed by atoms with E-state index in [0.29, 0.717) is 41.9 Å². The van der Waals surface area contributed by atoms with Crippen molar-refractivity contribution in [2.24, 2.45) is 17.3 Å². The maximum atomic E-state index is 13.2. The van der Waals surface area contributed by atoms with Gasteiger partial charge in [0.15, 0.2) is 17.3 Å². The summed E-state index contributed by atoms with van der Waals surface area (Å²) in [6.45, 7) is 2.93. The lowest BCUT2D eigenvalue weighted by atomic mass is 9.55. The number of rotatable bonds is 4. The molecule has 5 rings (SSSR count). The lowest BCUT2D eigenvalue weighted by Crippen LogP contribution is -2.41. The van der Waals surface area contributed by atoms with Gasteiger partial charge in [-0.05, 0) is 72.1 Å². The van der Waals surface area contributed by atoms with Gasteiger partial charge in [-0.15, -0.1) is 0 Å². The average molecular weight is 391 g/mol. The molecule has 0 N–H and O–H groups in total. The van der Waals surface area contributed by atoms with Crippen molar-refractivity contribution in [3.05, 3.63) is 59.2 Å². The normalized spacial score (nSPS) is 30.3. The quantitative estimate of drug-likeness (QED) is 0.627. The number of benzene rings is 2. The highest BCUT2D eigenvalue weighted by Gasteiger charge is 2.51. The first-order chi connectivity index (χ1) is 14.1. The molecule has 0 aliphatic heterocycles. The maximum absolute atomic E-state index is 13.2. The summed E-state index contributed by atoms with van der Waals surface area (Å²) in [5.41, 5.74) is 3.61. The van der Waals surface area contributed by atoms with Gasteiger partial charge in [0, 0.05) is 12.0 Å². The zero-order valence-corrected chi connectivity index (χ0v) is 17.4. The maximum Gasteiger partial charge on any atom is 0.163 e. The van der Waals surface area contributed by atoms with Gasteiger partial charge < -0.3 is 9.47 Å². The Kier molecular flexibility index (Phi) is 4.64. The average Bonchev–Trinajstić information content (AvgIpc) is 3.14. The van der Waals surface area contributed by atoms with Crippen LogP contribution in [0.15, 0.2) is 42.5 Å². The predicted octanol–water partition coefficient (Wildman–Crippen LogP) is 6.16. The fourth-order valence-electron chi connectivity index (χ4n) is 6.41. The number of ether oxygens (including phenoxy) is 2. The first-order valence-electron chi connectivity index (χ1n) is 11.0. The molecule has 3 nitrogen and oxygen atoms in total. The number of methoxy groups -OCH3 is 1. The third kappa shape index (κ3) is 3.15. The Labute approximate surface area is 173 Å². The molecule has 0 amide bonds. The van der Waals surface area contributed by atoms with Gasteiger partial charge in [0.05, 0.1) is 7.11 Å². The lowest BCUT2D eigenvalue weighted by molar-refractivity contribution is 0.0526. The molecule has 2 saturated carbocycles. The van der Waals surface area contributed by atoms with Gasteiger partial charge in [0.1, 0.15) is 6.61 Å². The third-order valence-corrected chi connectivity index (χ3v) is 7.91. The van der Waals surface area contributed by atoms with Crippen molar-refractivity contribution in [2.45, 2.75) is 58.0 Å². The largest absolute Gasteiger partial charge is 0.493 e. The molecule has 152 valence electrons. The minimum atomic E-state index is 0.282. The Bertz CT molecular complexity index is 919. The van der Waals surface area contributed by atoms with Crippen LogP contribution in [0.4, 0.5) is 0 Å². The van der Waals surface area contributed by atoms with Crippen LogP contribution < -0.4 is 9.47 Å². The van der Waals surface area contributed by atoms with E-state index in [1.165, 1.54) is 37.7 Å². The van der Waals surface area contributed by atoms with E-state index in [4.69, 9.17) is 9.47 Å². The molecule has 2 fully saturated rings. The van der Waals surface area contributed by atoms with Gasteiger partial charge >= 0.3 is 0 Å². The molecule has 2 aromatic rings. The first-order valence-corrected chi connectivity index (χ1v) is 11.0. The van der Waals surface area contributed by atoms with Crippen LogP contribution in [0.2, 0.25) is 0 Å². The lowest BCUT2D eigenvalue weighted by Gasteiger charge is -2.48. The van der Waals surface area contributed by atoms with Crippen molar-refractivity contribution >= 4 is 5.78 Å². The van der Waals surface area contributed by atoms with E-state index in [1.807, 2.05) is 36.4 Å². The zero-order valence-electron chi connectivity index (χ0n) is 17.4. The minimum Gasteiger partial charge on any atom is -0.493 e. The summed E-state index contributed by atoms with van der Waals surface area (Å²) in [6.07, 6.45) is 7.10. The molecule has 4 atom stereocenters. The summed E-state index contributed by atoms with van der Waals surface area (Å²) >= 11 is 0. The van der Waals surface area contributed by atoms with Crippen molar-refractivity contribution in [3.8, 4) is 11.5 Å². The molecule has 2 aromatic carbocycles. The first kappa shape index (κ1) is 18.7.